The van der Waals surface area contributed by atoms with E-state index in [0.717, 1.165) is 31.3 Å². The minimum atomic E-state index is -0.548. The van der Waals surface area contributed by atoms with Crippen molar-refractivity contribution < 1.29 is 19.1 Å². The normalized spacial score (nSPS) is 47.4. The van der Waals surface area contributed by atoms with Gasteiger partial charge in [0.1, 0.15) is 5.78 Å². The monoisotopic (exact) mass is 342 g/mol. The molecule has 134 valence electrons. The van der Waals surface area contributed by atoms with Crippen LogP contribution in [-0.4, -0.2) is 30.6 Å². The van der Waals surface area contributed by atoms with Gasteiger partial charge in [-0.25, -0.2) is 0 Å². The Kier molecular flexibility index (Phi) is 3.14. The molecule has 5 aliphatic rings. The van der Waals surface area contributed by atoms with E-state index in [2.05, 4.69) is 13.8 Å². The molecular weight excluding hydrogens is 316 g/mol. The van der Waals surface area contributed by atoms with E-state index in [1.165, 1.54) is 0 Å². The highest BCUT2D eigenvalue weighted by Gasteiger charge is 2.68. The summed E-state index contributed by atoms with van der Waals surface area (Å²) in [6, 6.07) is 0. The summed E-state index contributed by atoms with van der Waals surface area (Å²) >= 11 is 0. The maximum Gasteiger partial charge on any atom is 0.178 e. The van der Waals surface area contributed by atoms with Crippen molar-refractivity contribution in [1.29, 1.82) is 0 Å². The average Bonchev–Trinajstić information content (AvgIpc) is 3.15. The molecule has 0 bridgehead atoms. The summed E-state index contributed by atoms with van der Waals surface area (Å²) in [6.07, 6.45) is 9.86. The Hall–Kier alpha value is -1.26. The maximum atomic E-state index is 13.4. The van der Waals surface area contributed by atoms with Gasteiger partial charge < -0.3 is 9.47 Å². The molecule has 4 heteroatoms. The van der Waals surface area contributed by atoms with E-state index >= 15 is 0 Å². The number of carbonyl (C=O) groups excluding carboxylic acids is 2. The molecule has 25 heavy (non-hydrogen) atoms. The summed E-state index contributed by atoms with van der Waals surface area (Å²) in [4.78, 5) is 25.2. The molecule has 0 N–H and O–H groups in total. The molecule has 5 atom stereocenters. The van der Waals surface area contributed by atoms with Crippen LogP contribution in [0.15, 0.2) is 23.8 Å². The van der Waals surface area contributed by atoms with Crippen molar-refractivity contribution in [2.24, 2.45) is 28.6 Å². The summed E-state index contributed by atoms with van der Waals surface area (Å²) in [7, 11) is 0. The molecule has 1 saturated heterocycles. The predicted molar refractivity (Wildman–Crippen MR) is 91.6 cm³/mol. The summed E-state index contributed by atoms with van der Waals surface area (Å²) in [5, 5.41) is 0. The van der Waals surface area contributed by atoms with Gasteiger partial charge in [0.25, 0.3) is 0 Å². The minimum absolute atomic E-state index is 0.00789. The van der Waals surface area contributed by atoms with Crippen molar-refractivity contribution >= 4 is 11.6 Å². The van der Waals surface area contributed by atoms with E-state index in [-0.39, 0.29) is 22.5 Å². The molecule has 2 unspecified atom stereocenters. The lowest BCUT2D eigenvalue weighted by Crippen LogP contribution is -2.58. The molecule has 4 aliphatic carbocycles. The first-order valence-corrected chi connectivity index (χ1v) is 9.65. The quantitative estimate of drug-likeness (QED) is 0.678. The van der Waals surface area contributed by atoms with E-state index < -0.39 is 5.79 Å². The second-order valence-electron chi connectivity index (χ2n) is 9.02. The van der Waals surface area contributed by atoms with Crippen molar-refractivity contribution in [3.8, 4) is 0 Å². The van der Waals surface area contributed by atoms with Crippen LogP contribution in [0.25, 0.3) is 0 Å². The van der Waals surface area contributed by atoms with Gasteiger partial charge in [-0.15, -0.1) is 0 Å². The zero-order valence-electron chi connectivity index (χ0n) is 15.0. The van der Waals surface area contributed by atoms with Crippen LogP contribution in [0.2, 0.25) is 0 Å². The topological polar surface area (TPSA) is 52.6 Å². The Morgan fingerprint density at radius 3 is 2.64 bits per heavy atom. The molecule has 4 nitrogen and oxygen atoms in total. The van der Waals surface area contributed by atoms with Crippen LogP contribution >= 0.6 is 0 Å². The molecule has 1 spiro atoms. The van der Waals surface area contributed by atoms with Crippen LogP contribution in [0, 0.1) is 28.6 Å². The van der Waals surface area contributed by atoms with Crippen LogP contribution < -0.4 is 0 Å². The fourth-order valence-electron chi connectivity index (χ4n) is 6.91. The highest BCUT2D eigenvalue weighted by Crippen LogP contribution is 2.67. The molecule has 0 aromatic rings. The molecule has 0 aromatic heterocycles. The molecule has 0 aromatic carbocycles. The van der Waals surface area contributed by atoms with Crippen LogP contribution in [0.3, 0.4) is 0 Å². The van der Waals surface area contributed by atoms with Gasteiger partial charge in [0.2, 0.25) is 0 Å². The first-order chi connectivity index (χ1) is 11.9. The van der Waals surface area contributed by atoms with Crippen LogP contribution in [-0.2, 0) is 19.1 Å². The second kappa shape index (κ2) is 4.92. The highest BCUT2D eigenvalue weighted by atomic mass is 16.7. The average molecular weight is 342 g/mol. The third kappa shape index (κ3) is 1.85. The minimum Gasteiger partial charge on any atom is -0.347 e. The van der Waals surface area contributed by atoms with Crippen molar-refractivity contribution in [3.05, 3.63) is 23.8 Å². The largest absolute Gasteiger partial charge is 0.347 e. The molecule has 0 amide bonds. The third-order valence-electron chi connectivity index (χ3n) is 8.06. The third-order valence-corrected chi connectivity index (χ3v) is 8.06. The number of hydrogen-bond donors (Lipinski definition) is 0. The molecule has 4 fully saturated rings. The van der Waals surface area contributed by atoms with Gasteiger partial charge in [0.05, 0.1) is 13.2 Å². The Morgan fingerprint density at radius 2 is 1.88 bits per heavy atom. The fraction of sp³-hybridized carbons (Fsp3) is 0.714. The van der Waals surface area contributed by atoms with Gasteiger partial charge in [-0.05, 0) is 43.3 Å². The first-order valence-electron chi connectivity index (χ1n) is 9.65. The van der Waals surface area contributed by atoms with E-state index in [4.69, 9.17) is 9.47 Å². The van der Waals surface area contributed by atoms with E-state index in [1.807, 2.05) is 6.08 Å². The number of Topliss-reactive ketones (excluding diaryl/α,β-unsaturated/α-hetero) is 1. The predicted octanol–water partition coefficient (Wildman–Crippen LogP) is 3.22. The molecule has 1 heterocycles. The number of ether oxygens (including phenoxy) is 2. The zero-order valence-corrected chi connectivity index (χ0v) is 15.0. The lowest BCUT2D eigenvalue weighted by molar-refractivity contribution is -0.238. The van der Waals surface area contributed by atoms with Crippen molar-refractivity contribution in [1.82, 2.24) is 0 Å². The van der Waals surface area contributed by atoms with Gasteiger partial charge in [0, 0.05) is 29.6 Å². The Bertz CT molecular complexity index is 713. The van der Waals surface area contributed by atoms with Crippen molar-refractivity contribution in [2.45, 2.75) is 51.7 Å². The number of ketones is 2. The van der Waals surface area contributed by atoms with Crippen LogP contribution in [0.5, 0.6) is 0 Å². The Morgan fingerprint density at radius 1 is 1.12 bits per heavy atom. The van der Waals surface area contributed by atoms with Crippen LogP contribution in [0.4, 0.5) is 0 Å². The number of rotatable bonds is 0. The molecular formula is C21H26O4. The lowest BCUT2D eigenvalue weighted by atomic mass is 9.47. The SMILES string of the molecule is C[C@]12C=CC(=O)C=C1CC[C@@H]1C2C(=O)C[C@@]2(C)C1CCC21OCCO1. The standard InChI is InChI=1S/C21H26O4/c1-19-7-5-14(22)11-13(19)3-4-15-16-6-8-21(24-9-10-25-21)20(16,2)12-17(23)18(15)19/h5,7,11,15-16,18H,3-4,6,8-10,12H2,1-2H3/t15-,16?,18?,19-,20-/m0/s1. The Labute approximate surface area is 148 Å². The molecule has 1 aliphatic heterocycles. The maximum absolute atomic E-state index is 13.4. The van der Waals surface area contributed by atoms with Crippen molar-refractivity contribution in [3.63, 3.8) is 0 Å². The van der Waals surface area contributed by atoms with Gasteiger partial charge in [-0.3, -0.25) is 9.59 Å². The smallest absolute Gasteiger partial charge is 0.178 e. The van der Waals surface area contributed by atoms with E-state index in [1.54, 1.807) is 12.2 Å². The van der Waals surface area contributed by atoms with Gasteiger partial charge in [-0.2, -0.15) is 0 Å². The van der Waals surface area contributed by atoms with Crippen LogP contribution in [0.1, 0.15) is 46.0 Å². The summed E-state index contributed by atoms with van der Waals surface area (Å²) in [5.41, 5.74) is 0.648. The second-order valence-corrected chi connectivity index (χ2v) is 9.02. The number of hydrogen-bond acceptors (Lipinski definition) is 4. The zero-order chi connectivity index (χ0) is 17.4. The highest BCUT2D eigenvalue weighted by molar-refractivity contribution is 6.01. The number of fused-ring (bicyclic) bond motifs is 6. The fourth-order valence-corrected chi connectivity index (χ4v) is 6.91. The molecule has 0 radical (unpaired) electrons. The molecule has 3 saturated carbocycles. The van der Waals surface area contributed by atoms with E-state index in [9.17, 15) is 9.59 Å². The summed E-state index contributed by atoms with van der Waals surface area (Å²) in [6.45, 7) is 5.66. The number of carbonyl (C=O) groups is 2. The van der Waals surface area contributed by atoms with E-state index in [0.29, 0.717) is 37.3 Å². The van der Waals surface area contributed by atoms with Gasteiger partial charge in [0.15, 0.2) is 11.6 Å². The lowest BCUT2D eigenvalue weighted by Gasteiger charge is -2.56. The number of allylic oxidation sites excluding steroid dienone is 4. The van der Waals surface area contributed by atoms with Gasteiger partial charge >= 0.3 is 0 Å². The van der Waals surface area contributed by atoms with Crippen molar-refractivity contribution in [2.75, 3.05) is 13.2 Å². The summed E-state index contributed by atoms with van der Waals surface area (Å²) in [5.74, 6) is 0.652. The molecule has 5 rings (SSSR count). The first kappa shape index (κ1) is 16.0. The van der Waals surface area contributed by atoms with Gasteiger partial charge in [-0.1, -0.05) is 25.5 Å². The summed E-state index contributed by atoms with van der Waals surface area (Å²) < 4.78 is 12.2. The Balaban J connectivity index is 1.56.